The van der Waals surface area contributed by atoms with Crippen molar-refractivity contribution in [3.63, 3.8) is 0 Å². The van der Waals surface area contributed by atoms with E-state index in [1.54, 1.807) is 11.3 Å². The summed E-state index contributed by atoms with van der Waals surface area (Å²) in [5.41, 5.74) is 4.52. The summed E-state index contributed by atoms with van der Waals surface area (Å²) >= 11 is 0. The van der Waals surface area contributed by atoms with Crippen molar-refractivity contribution in [2.75, 3.05) is 19.6 Å². The number of aromatic nitrogens is 2. The second kappa shape index (κ2) is 10.1. The van der Waals surface area contributed by atoms with Gasteiger partial charge in [-0.2, -0.15) is 10.2 Å². The van der Waals surface area contributed by atoms with Crippen molar-refractivity contribution in [3.8, 4) is 16.9 Å². The van der Waals surface area contributed by atoms with Crippen LogP contribution in [0.4, 0.5) is 0 Å². The number of benzene rings is 2. The number of likely N-dealkylation sites (N-methyl/N-ethyl adjacent to an activating group) is 1. The molecule has 3 heterocycles. The number of hydrogen-bond acceptors (Lipinski definition) is 5. The summed E-state index contributed by atoms with van der Waals surface area (Å²) in [6.07, 6.45) is 4.22. The quantitative estimate of drug-likeness (QED) is 0.359. The number of hydrazone groups is 1. The van der Waals surface area contributed by atoms with Gasteiger partial charge in [0, 0.05) is 23.7 Å². The largest absolute Gasteiger partial charge is 0.463 e. The fraction of sp³-hybridized carbons (Fsp3) is 0.250. The Bertz CT molecular complexity index is 1290. The van der Waals surface area contributed by atoms with E-state index in [9.17, 15) is 4.79 Å². The van der Waals surface area contributed by atoms with Crippen molar-refractivity contribution in [3.05, 3.63) is 96.6 Å². The molecule has 0 radical (unpaired) electrons. The fourth-order valence-electron chi connectivity index (χ4n) is 4.45. The van der Waals surface area contributed by atoms with E-state index in [0.717, 1.165) is 41.3 Å². The molecule has 5 rings (SSSR count). The third kappa shape index (κ3) is 4.68. The van der Waals surface area contributed by atoms with E-state index >= 15 is 0 Å². The standard InChI is InChI=1S/C28H29N5O2/c1-3-31(4-2)20-27(34)33-25(18-24(29-33)26-16-11-17-35-26)23-19-32(22-14-9-6-10-15-22)30-28(23)21-12-7-5-8-13-21/h5-17,19,25H,3-4,18,20H2,1-2H3/t25-/m1/s1. The van der Waals surface area contributed by atoms with Crippen LogP contribution in [0.5, 0.6) is 0 Å². The summed E-state index contributed by atoms with van der Waals surface area (Å²) in [4.78, 5) is 15.6. The first-order chi connectivity index (χ1) is 17.2. The Hall–Kier alpha value is -3.97. The molecule has 0 spiro atoms. The molecule has 7 nitrogen and oxygen atoms in total. The van der Waals surface area contributed by atoms with Crippen molar-refractivity contribution >= 4 is 11.6 Å². The summed E-state index contributed by atoms with van der Waals surface area (Å²) in [6.45, 7) is 6.04. The first-order valence-corrected chi connectivity index (χ1v) is 12.0. The zero-order chi connectivity index (χ0) is 24.2. The lowest BCUT2D eigenvalue weighted by molar-refractivity contribution is -0.134. The number of nitrogens with zero attached hydrogens (tertiary/aromatic N) is 5. The molecular formula is C28H29N5O2. The van der Waals surface area contributed by atoms with Gasteiger partial charge in [0.15, 0.2) is 0 Å². The topological polar surface area (TPSA) is 66.9 Å². The molecule has 7 heteroatoms. The van der Waals surface area contributed by atoms with E-state index in [-0.39, 0.29) is 11.9 Å². The third-order valence-electron chi connectivity index (χ3n) is 6.39. The second-order valence-corrected chi connectivity index (χ2v) is 8.52. The third-order valence-corrected chi connectivity index (χ3v) is 6.39. The highest BCUT2D eigenvalue weighted by atomic mass is 16.3. The maximum atomic E-state index is 13.5. The minimum atomic E-state index is -0.286. The van der Waals surface area contributed by atoms with Crippen LogP contribution in [0.15, 0.2) is 94.8 Å². The van der Waals surface area contributed by atoms with Gasteiger partial charge < -0.3 is 4.42 Å². The van der Waals surface area contributed by atoms with Crippen molar-refractivity contribution < 1.29 is 9.21 Å². The lowest BCUT2D eigenvalue weighted by Crippen LogP contribution is -2.38. The van der Waals surface area contributed by atoms with Crippen molar-refractivity contribution in [1.82, 2.24) is 19.7 Å². The van der Waals surface area contributed by atoms with E-state index in [4.69, 9.17) is 14.6 Å². The van der Waals surface area contributed by atoms with Crippen LogP contribution in [-0.2, 0) is 4.79 Å². The summed E-state index contributed by atoms with van der Waals surface area (Å²) in [6, 6.07) is 23.6. The Balaban J connectivity index is 1.59. The highest BCUT2D eigenvalue weighted by molar-refractivity contribution is 6.01. The average Bonchev–Trinajstić information content (AvgIpc) is 3.67. The van der Waals surface area contributed by atoms with Gasteiger partial charge in [0.05, 0.1) is 30.2 Å². The summed E-state index contributed by atoms with van der Waals surface area (Å²) in [7, 11) is 0. The zero-order valence-electron chi connectivity index (χ0n) is 20.0. The normalized spacial score (nSPS) is 15.6. The average molecular weight is 468 g/mol. The Labute approximate surface area is 205 Å². The number of amides is 1. The Kier molecular flexibility index (Phi) is 6.59. The van der Waals surface area contributed by atoms with Crippen LogP contribution in [0.3, 0.4) is 0 Å². The van der Waals surface area contributed by atoms with E-state index in [1.165, 1.54) is 0 Å². The van der Waals surface area contributed by atoms with Crippen LogP contribution in [0.2, 0.25) is 0 Å². The lowest BCUT2D eigenvalue weighted by atomic mass is 9.98. The van der Waals surface area contributed by atoms with Crippen molar-refractivity contribution in [1.29, 1.82) is 0 Å². The highest BCUT2D eigenvalue weighted by Gasteiger charge is 2.37. The zero-order valence-corrected chi connectivity index (χ0v) is 20.0. The van der Waals surface area contributed by atoms with Crippen LogP contribution in [-0.4, -0.2) is 50.9 Å². The van der Waals surface area contributed by atoms with Gasteiger partial charge >= 0.3 is 0 Å². The first kappa shape index (κ1) is 22.8. The summed E-state index contributed by atoms with van der Waals surface area (Å²) in [5.74, 6) is 0.650. The maximum Gasteiger partial charge on any atom is 0.257 e. The van der Waals surface area contributed by atoms with Crippen molar-refractivity contribution in [2.24, 2.45) is 5.10 Å². The Morgan fingerprint density at radius 3 is 2.37 bits per heavy atom. The van der Waals surface area contributed by atoms with Gasteiger partial charge in [0.1, 0.15) is 11.5 Å². The first-order valence-electron chi connectivity index (χ1n) is 12.0. The Morgan fingerprint density at radius 2 is 1.71 bits per heavy atom. The van der Waals surface area contributed by atoms with Gasteiger partial charge in [-0.3, -0.25) is 9.69 Å². The molecule has 1 atom stereocenters. The van der Waals surface area contributed by atoms with Gasteiger partial charge in [0.25, 0.3) is 5.91 Å². The smallest absolute Gasteiger partial charge is 0.257 e. The van der Waals surface area contributed by atoms with E-state index < -0.39 is 0 Å². The molecule has 1 amide bonds. The molecule has 0 saturated carbocycles. The summed E-state index contributed by atoms with van der Waals surface area (Å²) < 4.78 is 7.53. The van der Waals surface area contributed by atoms with Gasteiger partial charge in [-0.15, -0.1) is 0 Å². The van der Waals surface area contributed by atoms with Crippen LogP contribution in [0.25, 0.3) is 16.9 Å². The molecule has 0 N–H and O–H groups in total. The minimum absolute atomic E-state index is 0.0354. The van der Waals surface area contributed by atoms with Crippen LogP contribution < -0.4 is 0 Å². The Morgan fingerprint density at radius 1 is 1.00 bits per heavy atom. The number of carbonyl (C=O) groups excluding carboxylic acids is 1. The van der Waals surface area contributed by atoms with E-state index in [0.29, 0.717) is 18.7 Å². The second-order valence-electron chi connectivity index (χ2n) is 8.52. The predicted octanol–water partition coefficient (Wildman–Crippen LogP) is 5.15. The maximum absolute atomic E-state index is 13.5. The molecule has 4 aromatic rings. The lowest BCUT2D eigenvalue weighted by Gasteiger charge is -2.25. The molecule has 0 saturated heterocycles. The monoisotopic (exact) mass is 467 g/mol. The molecule has 0 fully saturated rings. The molecule has 1 aliphatic rings. The number of hydrogen-bond donors (Lipinski definition) is 0. The molecule has 35 heavy (non-hydrogen) atoms. The predicted molar refractivity (Wildman–Crippen MR) is 136 cm³/mol. The highest BCUT2D eigenvalue weighted by Crippen LogP contribution is 2.38. The molecule has 2 aromatic carbocycles. The molecule has 1 aliphatic heterocycles. The molecule has 0 bridgehead atoms. The van der Waals surface area contributed by atoms with Crippen LogP contribution in [0, 0.1) is 0 Å². The SMILES string of the molecule is CCN(CC)CC(=O)N1N=C(c2ccco2)C[C@@H]1c1cn(-c2ccccc2)nc1-c1ccccc1. The van der Waals surface area contributed by atoms with Gasteiger partial charge in [-0.05, 0) is 37.4 Å². The molecule has 0 aliphatic carbocycles. The van der Waals surface area contributed by atoms with E-state index in [1.807, 2.05) is 83.7 Å². The number of rotatable bonds is 8. The van der Waals surface area contributed by atoms with Gasteiger partial charge in [-0.1, -0.05) is 62.4 Å². The fourth-order valence-corrected chi connectivity index (χ4v) is 4.45. The molecular weight excluding hydrogens is 438 g/mol. The molecule has 0 unspecified atom stereocenters. The van der Waals surface area contributed by atoms with Gasteiger partial charge in [-0.25, -0.2) is 9.69 Å². The van der Waals surface area contributed by atoms with Crippen molar-refractivity contribution in [2.45, 2.75) is 26.3 Å². The van der Waals surface area contributed by atoms with Crippen LogP contribution >= 0.6 is 0 Å². The number of para-hydroxylation sites is 1. The number of carbonyl (C=O) groups is 1. The summed E-state index contributed by atoms with van der Waals surface area (Å²) in [5, 5.41) is 11.4. The minimum Gasteiger partial charge on any atom is -0.463 e. The molecule has 2 aromatic heterocycles. The number of furan rings is 1. The van der Waals surface area contributed by atoms with Gasteiger partial charge in [0.2, 0.25) is 0 Å². The van der Waals surface area contributed by atoms with E-state index in [2.05, 4.69) is 18.7 Å². The molecule has 178 valence electrons. The van der Waals surface area contributed by atoms with Crippen LogP contribution in [0.1, 0.15) is 37.6 Å².